The molecule has 0 spiro atoms. The molecule has 1 amide bonds. The van der Waals surface area contributed by atoms with E-state index in [0.717, 1.165) is 5.56 Å². The van der Waals surface area contributed by atoms with E-state index in [4.69, 9.17) is 0 Å². The van der Waals surface area contributed by atoms with Gasteiger partial charge in [-0.3, -0.25) is 4.79 Å². The highest BCUT2D eigenvalue weighted by molar-refractivity contribution is 9.10. The SMILES string of the molecule is CC[C@@H](C(=O)Nc1ccc(Br)cc1C(=O)O)c1ccccc1. The van der Waals surface area contributed by atoms with Crippen LogP contribution < -0.4 is 5.32 Å². The van der Waals surface area contributed by atoms with Crippen molar-refractivity contribution in [2.45, 2.75) is 19.3 Å². The predicted molar refractivity (Wildman–Crippen MR) is 89.2 cm³/mol. The van der Waals surface area contributed by atoms with Crippen LogP contribution in [0.25, 0.3) is 0 Å². The van der Waals surface area contributed by atoms with Crippen molar-refractivity contribution in [3.8, 4) is 0 Å². The van der Waals surface area contributed by atoms with E-state index in [2.05, 4.69) is 21.2 Å². The fourth-order valence-electron chi connectivity index (χ4n) is 2.28. The number of amides is 1. The Morgan fingerprint density at radius 1 is 1.18 bits per heavy atom. The number of hydrogen-bond acceptors (Lipinski definition) is 2. The molecule has 0 aliphatic rings. The molecule has 5 heteroatoms. The fourth-order valence-corrected chi connectivity index (χ4v) is 2.64. The van der Waals surface area contributed by atoms with Gasteiger partial charge in [-0.1, -0.05) is 53.2 Å². The monoisotopic (exact) mass is 361 g/mol. The number of carboxylic acid groups (broad SMARTS) is 1. The summed E-state index contributed by atoms with van der Waals surface area (Å²) in [5.41, 5.74) is 1.28. The largest absolute Gasteiger partial charge is 0.478 e. The molecule has 114 valence electrons. The van der Waals surface area contributed by atoms with E-state index in [9.17, 15) is 14.7 Å². The zero-order valence-corrected chi connectivity index (χ0v) is 13.6. The maximum Gasteiger partial charge on any atom is 0.337 e. The van der Waals surface area contributed by atoms with Crippen LogP contribution in [0.4, 0.5) is 5.69 Å². The Kier molecular flexibility index (Phi) is 5.33. The lowest BCUT2D eigenvalue weighted by molar-refractivity contribution is -0.117. The number of hydrogen-bond donors (Lipinski definition) is 2. The zero-order valence-electron chi connectivity index (χ0n) is 12.0. The lowest BCUT2D eigenvalue weighted by Crippen LogP contribution is -2.22. The van der Waals surface area contributed by atoms with Crippen LogP contribution in [0, 0.1) is 0 Å². The van der Waals surface area contributed by atoms with Crippen molar-refractivity contribution in [1.82, 2.24) is 0 Å². The molecule has 22 heavy (non-hydrogen) atoms. The topological polar surface area (TPSA) is 66.4 Å². The second kappa shape index (κ2) is 7.22. The van der Waals surface area contributed by atoms with Crippen molar-refractivity contribution >= 4 is 33.5 Å². The van der Waals surface area contributed by atoms with Crippen molar-refractivity contribution in [3.63, 3.8) is 0 Å². The van der Waals surface area contributed by atoms with Gasteiger partial charge in [0.25, 0.3) is 0 Å². The van der Waals surface area contributed by atoms with Gasteiger partial charge in [0.1, 0.15) is 0 Å². The molecule has 4 nitrogen and oxygen atoms in total. The number of carbonyl (C=O) groups is 2. The molecule has 0 radical (unpaired) electrons. The summed E-state index contributed by atoms with van der Waals surface area (Å²) in [6.45, 7) is 1.93. The first-order valence-electron chi connectivity index (χ1n) is 6.91. The summed E-state index contributed by atoms with van der Waals surface area (Å²) in [4.78, 5) is 23.8. The van der Waals surface area contributed by atoms with Crippen LogP contribution in [0.1, 0.15) is 35.2 Å². The summed E-state index contributed by atoms with van der Waals surface area (Å²) >= 11 is 3.23. The van der Waals surface area contributed by atoms with Crippen LogP contribution >= 0.6 is 15.9 Å². The van der Waals surface area contributed by atoms with Crippen molar-refractivity contribution in [2.75, 3.05) is 5.32 Å². The number of aromatic carboxylic acids is 1. The summed E-state index contributed by atoms with van der Waals surface area (Å²) in [5.74, 6) is -1.60. The molecule has 0 aliphatic carbocycles. The molecule has 2 rings (SSSR count). The molecule has 1 atom stereocenters. The van der Waals surface area contributed by atoms with E-state index in [0.29, 0.717) is 16.6 Å². The Hall–Kier alpha value is -2.14. The Morgan fingerprint density at radius 3 is 2.45 bits per heavy atom. The van der Waals surface area contributed by atoms with Gasteiger partial charge in [-0.05, 0) is 30.2 Å². The van der Waals surface area contributed by atoms with E-state index in [1.54, 1.807) is 12.1 Å². The lowest BCUT2D eigenvalue weighted by Gasteiger charge is -2.16. The highest BCUT2D eigenvalue weighted by Gasteiger charge is 2.20. The summed E-state index contributed by atoms with van der Waals surface area (Å²) in [7, 11) is 0. The van der Waals surface area contributed by atoms with Crippen LogP contribution in [-0.4, -0.2) is 17.0 Å². The van der Waals surface area contributed by atoms with Crippen LogP contribution in [0.5, 0.6) is 0 Å². The Bertz CT molecular complexity index is 686. The van der Waals surface area contributed by atoms with E-state index < -0.39 is 5.97 Å². The zero-order chi connectivity index (χ0) is 16.1. The summed E-state index contributed by atoms with van der Waals surface area (Å²) in [6, 6.07) is 14.2. The number of anilines is 1. The van der Waals surface area contributed by atoms with Gasteiger partial charge in [0.05, 0.1) is 17.2 Å². The van der Waals surface area contributed by atoms with E-state index in [1.165, 1.54) is 6.07 Å². The van der Waals surface area contributed by atoms with Crippen LogP contribution in [-0.2, 0) is 4.79 Å². The molecule has 0 aliphatic heterocycles. The Balaban J connectivity index is 2.26. The van der Waals surface area contributed by atoms with Gasteiger partial charge in [0.15, 0.2) is 0 Å². The fraction of sp³-hybridized carbons (Fsp3) is 0.176. The van der Waals surface area contributed by atoms with Crippen molar-refractivity contribution < 1.29 is 14.7 Å². The van der Waals surface area contributed by atoms with Gasteiger partial charge in [0, 0.05) is 4.47 Å². The second-order valence-corrected chi connectivity index (χ2v) is 5.77. The minimum absolute atomic E-state index is 0.0608. The van der Waals surface area contributed by atoms with Gasteiger partial charge in [-0.15, -0.1) is 0 Å². The Labute approximate surface area is 137 Å². The second-order valence-electron chi connectivity index (χ2n) is 4.86. The van der Waals surface area contributed by atoms with Crippen LogP contribution in [0.3, 0.4) is 0 Å². The molecular weight excluding hydrogens is 346 g/mol. The standard InChI is InChI=1S/C17H16BrNO3/c1-2-13(11-6-4-3-5-7-11)16(20)19-15-9-8-12(18)10-14(15)17(21)22/h3-10,13H,2H2,1H3,(H,19,20)(H,21,22)/t13-/m1/s1. The minimum Gasteiger partial charge on any atom is -0.478 e. The molecule has 0 heterocycles. The van der Waals surface area contributed by atoms with E-state index in [1.807, 2.05) is 37.3 Å². The molecule has 2 aromatic rings. The summed E-state index contributed by atoms with van der Waals surface area (Å²) in [6.07, 6.45) is 0.634. The third-order valence-corrected chi connectivity index (χ3v) is 3.89. The average Bonchev–Trinajstić information content (AvgIpc) is 2.50. The smallest absolute Gasteiger partial charge is 0.337 e. The highest BCUT2D eigenvalue weighted by atomic mass is 79.9. The predicted octanol–water partition coefficient (Wildman–Crippen LogP) is 4.28. The lowest BCUT2D eigenvalue weighted by atomic mass is 9.95. The molecule has 0 saturated heterocycles. The van der Waals surface area contributed by atoms with Gasteiger partial charge < -0.3 is 10.4 Å². The first-order valence-corrected chi connectivity index (χ1v) is 7.71. The number of carbonyl (C=O) groups excluding carboxylic acids is 1. The van der Waals surface area contributed by atoms with Gasteiger partial charge in [0.2, 0.25) is 5.91 Å². The van der Waals surface area contributed by atoms with E-state index in [-0.39, 0.29) is 17.4 Å². The van der Waals surface area contributed by atoms with Crippen LogP contribution in [0.15, 0.2) is 53.0 Å². The van der Waals surface area contributed by atoms with Crippen molar-refractivity contribution in [2.24, 2.45) is 0 Å². The minimum atomic E-state index is -1.08. The number of rotatable bonds is 5. The summed E-state index contributed by atoms with van der Waals surface area (Å²) in [5, 5.41) is 12.0. The quantitative estimate of drug-likeness (QED) is 0.834. The first kappa shape index (κ1) is 16.2. The average molecular weight is 362 g/mol. The van der Waals surface area contributed by atoms with Gasteiger partial charge in [-0.25, -0.2) is 4.79 Å². The first-order chi connectivity index (χ1) is 10.5. The number of benzene rings is 2. The molecule has 2 aromatic carbocycles. The third kappa shape index (κ3) is 3.74. The van der Waals surface area contributed by atoms with Gasteiger partial charge in [-0.2, -0.15) is 0 Å². The molecular formula is C17H16BrNO3. The molecule has 0 saturated carbocycles. The van der Waals surface area contributed by atoms with E-state index >= 15 is 0 Å². The molecule has 0 bridgehead atoms. The molecule has 0 aromatic heterocycles. The highest BCUT2D eigenvalue weighted by Crippen LogP contribution is 2.25. The van der Waals surface area contributed by atoms with Crippen molar-refractivity contribution in [3.05, 3.63) is 64.1 Å². The number of nitrogens with one attached hydrogen (secondary N) is 1. The van der Waals surface area contributed by atoms with Crippen molar-refractivity contribution in [1.29, 1.82) is 0 Å². The molecule has 0 unspecified atom stereocenters. The normalized spacial score (nSPS) is 11.7. The Morgan fingerprint density at radius 2 is 1.86 bits per heavy atom. The molecule has 0 fully saturated rings. The maximum atomic E-state index is 12.5. The van der Waals surface area contributed by atoms with Crippen LogP contribution in [0.2, 0.25) is 0 Å². The number of carboxylic acids is 1. The maximum absolute atomic E-state index is 12.5. The number of halogens is 1. The van der Waals surface area contributed by atoms with Gasteiger partial charge >= 0.3 is 5.97 Å². The molecule has 2 N–H and O–H groups in total. The third-order valence-electron chi connectivity index (χ3n) is 3.40. The summed E-state index contributed by atoms with van der Waals surface area (Å²) < 4.78 is 0.651.